The third-order valence-corrected chi connectivity index (χ3v) is 3.82. The molecule has 0 bridgehead atoms. The number of nitrogens with zero attached hydrogens (tertiary/aromatic N) is 4. The second-order valence-electron chi connectivity index (χ2n) is 5.58. The Bertz CT molecular complexity index is 1190. The molecule has 0 aliphatic heterocycles. The zero-order chi connectivity index (χ0) is 19.2. The zero-order valence-corrected chi connectivity index (χ0v) is 13.3. The van der Waals surface area contributed by atoms with Gasteiger partial charge in [-0.05, 0) is 29.2 Å². The molecular formula is C17H9F3N4O3. The smallest absolute Gasteiger partial charge is 0.432 e. The SMILES string of the molecule is O=[N+]([O-])c1c(Oc2ccc3ccc(C(F)(F)F)nc3c2)nc2ccccn12. The molecule has 136 valence electrons. The molecule has 0 saturated carbocycles. The van der Waals surface area contributed by atoms with Crippen molar-refractivity contribution in [3.8, 4) is 11.6 Å². The van der Waals surface area contributed by atoms with Gasteiger partial charge in [0.2, 0.25) is 5.65 Å². The van der Waals surface area contributed by atoms with Crippen LogP contribution in [-0.2, 0) is 6.18 Å². The number of ether oxygens (including phenoxy) is 1. The summed E-state index contributed by atoms with van der Waals surface area (Å²) in [4.78, 5) is 18.4. The first kappa shape index (κ1) is 16.8. The molecule has 3 aromatic heterocycles. The highest BCUT2D eigenvalue weighted by molar-refractivity contribution is 5.80. The summed E-state index contributed by atoms with van der Waals surface area (Å²) >= 11 is 0. The summed E-state index contributed by atoms with van der Waals surface area (Å²) < 4.78 is 45.3. The molecular weight excluding hydrogens is 365 g/mol. The van der Waals surface area contributed by atoms with E-state index in [-0.39, 0.29) is 23.0 Å². The van der Waals surface area contributed by atoms with Gasteiger partial charge in [0.05, 0.1) is 11.7 Å². The molecule has 0 spiro atoms. The molecule has 10 heteroatoms. The molecule has 0 saturated heterocycles. The Morgan fingerprint density at radius 3 is 2.59 bits per heavy atom. The highest BCUT2D eigenvalue weighted by Gasteiger charge is 2.32. The molecule has 0 atom stereocenters. The van der Waals surface area contributed by atoms with E-state index in [9.17, 15) is 23.3 Å². The molecule has 3 heterocycles. The fourth-order valence-electron chi connectivity index (χ4n) is 2.63. The van der Waals surface area contributed by atoms with E-state index in [1.54, 1.807) is 18.2 Å². The fraction of sp³-hybridized carbons (Fsp3) is 0.0588. The monoisotopic (exact) mass is 374 g/mol. The number of hydrogen-bond acceptors (Lipinski definition) is 5. The number of nitro groups is 1. The van der Waals surface area contributed by atoms with Gasteiger partial charge in [0.15, 0.2) is 0 Å². The lowest BCUT2D eigenvalue weighted by atomic mass is 10.2. The van der Waals surface area contributed by atoms with Crippen molar-refractivity contribution in [1.82, 2.24) is 14.4 Å². The van der Waals surface area contributed by atoms with Crippen molar-refractivity contribution in [3.63, 3.8) is 0 Å². The van der Waals surface area contributed by atoms with Gasteiger partial charge in [-0.2, -0.15) is 22.6 Å². The van der Waals surface area contributed by atoms with E-state index < -0.39 is 16.8 Å². The molecule has 0 fully saturated rings. The summed E-state index contributed by atoms with van der Waals surface area (Å²) in [5, 5.41) is 11.9. The van der Waals surface area contributed by atoms with Crippen LogP contribution in [0.1, 0.15) is 5.69 Å². The Hall–Kier alpha value is -3.69. The lowest BCUT2D eigenvalue weighted by Crippen LogP contribution is -2.07. The van der Waals surface area contributed by atoms with Crippen LogP contribution in [0.3, 0.4) is 0 Å². The first-order valence-electron chi connectivity index (χ1n) is 7.60. The van der Waals surface area contributed by atoms with Gasteiger partial charge in [-0.15, -0.1) is 0 Å². The molecule has 27 heavy (non-hydrogen) atoms. The van der Waals surface area contributed by atoms with Crippen LogP contribution in [0, 0.1) is 10.1 Å². The standard InChI is InChI=1S/C17H9F3N4O3/c18-17(19,20)13-7-5-10-4-6-11(9-12(10)21-13)27-15-16(24(25)26)23-8-2-1-3-14(23)22-15/h1-9H. The highest BCUT2D eigenvalue weighted by Crippen LogP contribution is 2.34. The first-order valence-corrected chi connectivity index (χ1v) is 7.60. The first-order chi connectivity index (χ1) is 12.8. The highest BCUT2D eigenvalue weighted by atomic mass is 19.4. The van der Waals surface area contributed by atoms with Crippen LogP contribution in [0.4, 0.5) is 19.0 Å². The fourth-order valence-corrected chi connectivity index (χ4v) is 2.63. The van der Waals surface area contributed by atoms with Gasteiger partial charge in [0, 0.05) is 17.5 Å². The summed E-state index contributed by atoms with van der Waals surface area (Å²) in [7, 11) is 0. The molecule has 4 aromatic rings. The van der Waals surface area contributed by atoms with Crippen LogP contribution in [0.25, 0.3) is 16.6 Å². The number of fused-ring (bicyclic) bond motifs is 2. The quantitative estimate of drug-likeness (QED) is 0.387. The van der Waals surface area contributed by atoms with Crippen molar-refractivity contribution in [2.75, 3.05) is 0 Å². The predicted octanol–water partition coefficient (Wildman–Crippen LogP) is 4.60. The van der Waals surface area contributed by atoms with Crippen LogP contribution in [0.15, 0.2) is 54.7 Å². The lowest BCUT2D eigenvalue weighted by molar-refractivity contribution is -0.391. The topological polar surface area (TPSA) is 82.6 Å². The molecule has 7 nitrogen and oxygen atoms in total. The zero-order valence-electron chi connectivity index (χ0n) is 13.3. The maximum absolute atomic E-state index is 12.8. The van der Waals surface area contributed by atoms with Crippen LogP contribution in [-0.4, -0.2) is 19.3 Å². The van der Waals surface area contributed by atoms with E-state index in [0.717, 1.165) is 6.07 Å². The molecule has 0 aliphatic rings. The van der Waals surface area contributed by atoms with Crippen molar-refractivity contribution in [2.45, 2.75) is 6.18 Å². The maximum Gasteiger partial charge on any atom is 0.433 e. The largest absolute Gasteiger partial charge is 0.433 e. The van der Waals surface area contributed by atoms with Gasteiger partial charge in [0.1, 0.15) is 11.4 Å². The number of benzene rings is 1. The Morgan fingerprint density at radius 2 is 1.85 bits per heavy atom. The van der Waals surface area contributed by atoms with Gasteiger partial charge in [-0.1, -0.05) is 12.1 Å². The third-order valence-electron chi connectivity index (χ3n) is 3.82. The Morgan fingerprint density at radius 1 is 1.07 bits per heavy atom. The number of rotatable bonds is 3. The average Bonchev–Trinajstić information content (AvgIpc) is 2.98. The maximum atomic E-state index is 12.8. The van der Waals surface area contributed by atoms with Crippen LogP contribution in [0.5, 0.6) is 11.6 Å². The predicted molar refractivity (Wildman–Crippen MR) is 88.7 cm³/mol. The van der Waals surface area contributed by atoms with Crippen molar-refractivity contribution >= 4 is 22.4 Å². The number of halogens is 3. The second kappa shape index (κ2) is 5.94. The van der Waals surface area contributed by atoms with Crippen molar-refractivity contribution in [1.29, 1.82) is 0 Å². The van der Waals surface area contributed by atoms with E-state index in [4.69, 9.17) is 4.74 Å². The van der Waals surface area contributed by atoms with Crippen LogP contribution >= 0.6 is 0 Å². The average molecular weight is 374 g/mol. The summed E-state index contributed by atoms with van der Waals surface area (Å²) in [6.07, 6.45) is -3.11. The number of hydrogen-bond donors (Lipinski definition) is 0. The normalized spacial score (nSPS) is 11.8. The van der Waals surface area contributed by atoms with E-state index in [0.29, 0.717) is 11.0 Å². The third kappa shape index (κ3) is 3.01. The molecule has 4 rings (SSSR count). The molecule has 0 amide bonds. The minimum atomic E-state index is -4.58. The Balaban J connectivity index is 1.78. The van der Waals surface area contributed by atoms with Crippen molar-refractivity contribution in [2.24, 2.45) is 0 Å². The lowest BCUT2D eigenvalue weighted by Gasteiger charge is -2.08. The van der Waals surface area contributed by atoms with Gasteiger partial charge < -0.3 is 14.9 Å². The summed E-state index contributed by atoms with van der Waals surface area (Å²) in [6, 6.07) is 11.3. The minimum absolute atomic E-state index is 0.0498. The van der Waals surface area contributed by atoms with E-state index in [2.05, 4.69) is 9.97 Å². The minimum Gasteiger partial charge on any atom is -0.432 e. The van der Waals surface area contributed by atoms with E-state index >= 15 is 0 Å². The van der Waals surface area contributed by atoms with Crippen molar-refractivity contribution in [3.05, 3.63) is 70.5 Å². The number of pyridine rings is 2. The summed E-state index contributed by atoms with van der Waals surface area (Å²) in [5.74, 6) is -0.568. The summed E-state index contributed by atoms with van der Waals surface area (Å²) in [6.45, 7) is 0. The van der Waals surface area contributed by atoms with E-state index in [1.807, 2.05) is 0 Å². The van der Waals surface area contributed by atoms with Crippen molar-refractivity contribution < 1.29 is 22.8 Å². The van der Waals surface area contributed by atoms with Gasteiger partial charge in [0.25, 0.3) is 0 Å². The molecule has 0 unspecified atom stereocenters. The number of alkyl halides is 3. The Kier molecular flexibility index (Phi) is 3.69. The molecule has 0 N–H and O–H groups in total. The van der Waals surface area contributed by atoms with Crippen LogP contribution in [0.2, 0.25) is 0 Å². The summed E-state index contributed by atoms with van der Waals surface area (Å²) in [5.41, 5.74) is -0.683. The number of imidazole rings is 1. The van der Waals surface area contributed by atoms with Gasteiger partial charge in [-0.25, -0.2) is 4.98 Å². The van der Waals surface area contributed by atoms with Crippen LogP contribution < -0.4 is 4.74 Å². The molecule has 0 radical (unpaired) electrons. The number of aromatic nitrogens is 3. The van der Waals surface area contributed by atoms with Gasteiger partial charge >= 0.3 is 17.9 Å². The second-order valence-corrected chi connectivity index (χ2v) is 5.58. The van der Waals surface area contributed by atoms with Gasteiger partial charge in [-0.3, -0.25) is 0 Å². The Labute approximate surface area is 148 Å². The van der Waals surface area contributed by atoms with E-state index in [1.165, 1.54) is 34.9 Å². The molecule has 1 aromatic carbocycles. The molecule has 0 aliphatic carbocycles.